The molecule has 0 bridgehead atoms. The van der Waals surface area contributed by atoms with Crippen molar-refractivity contribution in [3.63, 3.8) is 0 Å². The Morgan fingerprint density at radius 2 is 2.07 bits per heavy atom. The van der Waals surface area contributed by atoms with E-state index in [-0.39, 0.29) is 13.3 Å². The molecule has 1 amide bonds. The molecule has 1 heterocycles. The average Bonchev–Trinajstić information content (AvgIpc) is 2.19. The van der Waals surface area contributed by atoms with Crippen molar-refractivity contribution in [2.45, 2.75) is 39.7 Å². The van der Waals surface area contributed by atoms with Crippen LogP contribution in [-0.2, 0) is 4.79 Å². The van der Waals surface area contributed by atoms with Gasteiger partial charge in [0.1, 0.15) is 0 Å². The third-order valence-electron chi connectivity index (χ3n) is 2.91. The summed E-state index contributed by atoms with van der Waals surface area (Å²) >= 11 is 0. The number of amides is 1. The molecule has 0 aromatic heterocycles. The van der Waals surface area contributed by atoms with Crippen LogP contribution in [0.4, 0.5) is 0 Å². The number of hydrogen-bond donors (Lipinski definition) is 1. The quantitative estimate of drug-likeness (QED) is 0.748. The van der Waals surface area contributed by atoms with Crippen molar-refractivity contribution in [3.05, 3.63) is 0 Å². The highest BCUT2D eigenvalue weighted by molar-refractivity contribution is 5.78. The number of nitrogens with one attached hydrogen (secondary N) is 1. The summed E-state index contributed by atoms with van der Waals surface area (Å²) < 4.78 is 0. The van der Waals surface area contributed by atoms with Crippen LogP contribution in [0.15, 0.2) is 0 Å². The Labute approximate surface area is 88.3 Å². The monoisotopic (exact) mass is 200 g/mol. The largest absolute Gasteiger partial charge is 0.353 e. The van der Waals surface area contributed by atoms with Crippen molar-refractivity contribution in [3.8, 4) is 0 Å². The number of rotatable bonds is 3. The maximum absolute atomic E-state index is 11.4. The summed E-state index contributed by atoms with van der Waals surface area (Å²) in [5.41, 5.74) is 0. The molecule has 0 atom stereocenters. The Hall–Kier alpha value is -0.570. The molecular formula is C11H24N2O. The Morgan fingerprint density at radius 3 is 2.50 bits per heavy atom. The fraction of sp³-hybridized carbons (Fsp3) is 0.909. The summed E-state index contributed by atoms with van der Waals surface area (Å²) in [4.78, 5) is 13.9. The van der Waals surface area contributed by atoms with Gasteiger partial charge in [0, 0.05) is 26.5 Å². The first kappa shape index (κ1) is 11.5. The Morgan fingerprint density at radius 1 is 1.50 bits per heavy atom. The highest BCUT2D eigenvalue weighted by Gasteiger charge is 2.20. The van der Waals surface area contributed by atoms with Crippen molar-refractivity contribution in [2.75, 3.05) is 19.6 Å². The molecule has 0 radical (unpaired) electrons. The lowest BCUT2D eigenvalue weighted by atomic mass is 10.0. The Bertz CT molecular complexity index is 189. The predicted octanol–water partition coefficient (Wildman–Crippen LogP) is 1.49. The number of piperidine rings is 1. The molecule has 1 rings (SSSR count). The van der Waals surface area contributed by atoms with Crippen LogP contribution in [-0.4, -0.2) is 36.5 Å². The Kier molecular flexibility index (Phi) is 4.39. The van der Waals surface area contributed by atoms with Crippen LogP contribution >= 0.6 is 0 Å². The van der Waals surface area contributed by atoms with Gasteiger partial charge in [0.05, 0.1) is 0 Å². The third-order valence-corrected chi connectivity index (χ3v) is 2.91. The number of carbonyl (C=O) groups excluding carboxylic acids is 1. The van der Waals surface area contributed by atoms with Crippen LogP contribution in [0.3, 0.4) is 0 Å². The van der Waals surface area contributed by atoms with Crippen molar-refractivity contribution in [2.24, 2.45) is 5.92 Å². The number of nitrogens with zero attached hydrogens (tertiary/aromatic N) is 1. The van der Waals surface area contributed by atoms with Gasteiger partial charge in [-0.1, -0.05) is 20.8 Å². The minimum absolute atomic E-state index is 0. The molecular weight excluding hydrogens is 176 g/mol. The van der Waals surface area contributed by atoms with Gasteiger partial charge in [0.2, 0.25) is 5.91 Å². The molecule has 0 unspecified atom stereocenters. The molecule has 0 aliphatic carbocycles. The molecule has 3 heteroatoms. The molecule has 0 aromatic carbocycles. The zero-order valence-corrected chi connectivity index (χ0v) is 9.55. The minimum atomic E-state index is 0. The normalized spacial score (nSPS) is 20.0. The zero-order valence-electron chi connectivity index (χ0n) is 9.55. The molecule has 1 fully saturated rings. The smallest absolute Gasteiger partial charge is 0.222 e. The van der Waals surface area contributed by atoms with E-state index in [2.05, 4.69) is 17.1 Å². The van der Waals surface area contributed by atoms with Crippen molar-refractivity contribution in [1.29, 1.82) is 0 Å². The van der Waals surface area contributed by atoms with E-state index in [4.69, 9.17) is 0 Å². The van der Waals surface area contributed by atoms with Gasteiger partial charge in [0.15, 0.2) is 0 Å². The zero-order chi connectivity index (χ0) is 10.6. The molecule has 0 saturated carbocycles. The van der Waals surface area contributed by atoms with E-state index < -0.39 is 0 Å². The van der Waals surface area contributed by atoms with Gasteiger partial charge in [0.25, 0.3) is 0 Å². The molecule has 14 heavy (non-hydrogen) atoms. The van der Waals surface area contributed by atoms with Crippen LogP contribution in [0.5, 0.6) is 0 Å². The molecule has 1 aliphatic rings. The van der Waals surface area contributed by atoms with Gasteiger partial charge in [-0.25, -0.2) is 0 Å². The van der Waals surface area contributed by atoms with Crippen LogP contribution < -0.4 is 5.32 Å². The van der Waals surface area contributed by atoms with Crippen LogP contribution in [0.25, 0.3) is 0 Å². The van der Waals surface area contributed by atoms with Gasteiger partial charge < -0.3 is 10.2 Å². The first-order valence-electron chi connectivity index (χ1n) is 5.66. The fourth-order valence-electron chi connectivity index (χ4n) is 1.76. The number of likely N-dealkylation sites (tertiary alicyclic amines) is 1. The summed E-state index contributed by atoms with van der Waals surface area (Å²) in [6, 6.07) is 0.410. The van der Waals surface area contributed by atoms with Crippen molar-refractivity contribution >= 4 is 5.91 Å². The topological polar surface area (TPSA) is 32.3 Å². The lowest BCUT2D eigenvalue weighted by Gasteiger charge is -2.31. The van der Waals surface area contributed by atoms with E-state index >= 15 is 0 Å². The lowest BCUT2D eigenvalue weighted by Crippen LogP contribution is -2.45. The second kappa shape index (κ2) is 5.35. The molecule has 3 nitrogen and oxygen atoms in total. The van der Waals surface area contributed by atoms with E-state index in [9.17, 15) is 4.79 Å². The third kappa shape index (κ3) is 3.29. The van der Waals surface area contributed by atoms with Crippen LogP contribution in [0.1, 0.15) is 35.0 Å². The average molecular weight is 200 g/mol. The van der Waals surface area contributed by atoms with Crippen LogP contribution in [0, 0.1) is 5.92 Å². The Balaban J connectivity index is 0.00000196. The maximum atomic E-state index is 11.4. The summed E-state index contributed by atoms with van der Waals surface area (Å²) in [7, 11) is 0. The van der Waals surface area contributed by atoms with E-state index in [1.54, 1.807) is 0 Å². The van der Waals surface area contributed by atoms with Crippen molar-refractivity contribution in [1.82, 2.24) is 10.2 Å². The van der Waals surface area contributed by atoms with E-state index in [0.29, 0.717) is 6.04 Å². The number of hydrogen-bond acceptors (Lipinski definition) is 2. The molecule has 0 spiro atoms. The molecule has 0 aromatic rings. The molecule has 1 N–H and O–H groups in total. The highest BCUT2D eigenvalue weighted by Crippen LogP contribution is 2.10. The van der Waals surface area contributed by atoms with Gasteiger partial charge in [-0.05, 0) is 19.4 Å². The minimum Gasteiger partial charge on any atom is -0.353 e. The van der Waals surface area contributed by atoms with E-state index in [1.807, 2.05) is 13.8 Å². The van der Waals surface area contributed by atoms with Gasteiger partial charge in [-0.3, -0.25) is 4.79 Å². The van der Waals surface area contributed by atoms with Gasteiger partial charge in [-0.2, -0.15) is 0 Å². The fourth-order valence-corrected chi connectivity index (χ4v) is 1.76. The van der Waals surface area contributed by atoms with Crippen molar-refractivity contribution < 1.29 is 6.22 Å². The molecule has 84 valence electrons. The maximum Gasteiger partial charge on any atom is 0.222 e. The standard InChI is InChI=1S/C11H22N2O.H2/c1-4-13-7-5-10(6-8-13)12-11(14)9(2)3;/h9-10H,4-8H2,1-3H3,(H,12,14);1H. The second-order valence-corrected chi connectivity index (χ2v) is 4.37. The molecule has 1 saturated heterocycles. The summed E-state index contributed by atoms with van der Waals surface area (Å²) in [6.07, 6.45) is 2.21. The highest BCUT2D eigenvalue weighted by atomic mass is 16.1. The predicted molar refractivity (Wildman–Crippen MR) is 60.2 cm³/mol. The van der Waals surface area contributed by atoms with Gasteiger partial charge >= 0.3 is 0 Å². The second-order valence-electron chi connectivity index (χ2n) is 4.37. The van der Waals surface area contributed by atoms with Gasteiger partial charge in [-0.15, -0.1) is 0 Å². The number of carbonyl (C=O) groups is 1. The van der Waals surface area contributed by atoms with Crippen LogP contribution in [0.2, 0.25) is 0 Å². The first-order chi connectivity index (χ1) is 6.63. The lowest BCUT2D eigenvalue weighted by molar-refractivity contribution is -0.125. The summed E-state index contributed by atoms with van der Waals surface area (Å²) in [6.45, 7) is 9.45. The summed E-state index contributed by atoms with van der Waals surface area (Å²) in [5.74, 6) is 0.305. The molecule has 1 aliphatic heterocycles. The first-order valence-corrected chi connectivity index (χ1v) is 5.66. The SMILES string of the molecule is CCN1CCC(NC(=O)C(C)C)CC1.[HH]. The van der Waals surface area contributed by atoms with E-state index in [1.165, 1.54) is 0 Å². The van der Waals surface area contributed by atoms with E-state index in [0.717, 1.165) is 32.5 Å². The summed E-state index contributed by atoms with van der Waals surface area (Å²) in [5, 5.41) is 3.10.